The van der Waals surface area contributed by atoms with Crippen LogP contribution in [0.15, 0.2) is 29.2 Å². The molecule has 1 aromatic rings. The third-order valence-corrected chi connectivity index (χ3v) is 6.73. The molecular formula is C21H30N2O6S. The fourth-order valence-corrected chi connectivity index (χ4v) is 4.70. The lowest BCUT2D eigenvalue weighted by Crippen LogP contribution is -2.51. The van der Waals surface area contributed by atoms with Gasteiger partial charge in [-0.2, -0.15) is 0 Å². The number of hydrogen-bond donors (Lipinski definition) is 1. The van der Waals surface area contributed by atoms with Gasteiger partial charge in [0.2, 0.25) is 10.0 Å². The average Bonchev–Trinajstić information content (AvgIpc) is 2.67. The highest BCUT2D eigenvalue weighted by atomic mass is 32.2. The van der Waals surface area contributed by atoms with Crippen LogP contribution in [0, 0.1) is 0 Å². The van der Waals surface area contributed by atoms with E-state index in [0.717, 1.165) is 19.3 Å². The number of benzene rings is 1. The molecule has 1 aromatic carbocycles. The summed E-state index contributed by atoms with van der Waals surface area (Å²) in [6, 6.07) is 5.86. The van der Waals surface area contributed by atoms with E-state index in [4.69, 9.17) is 4.74 Å². The van der Waals surface area contributed by atoms with E-state index in [9.17, 15) is 22.8 Å². The van der Waals surface area contributed by atoms with Gasteiger partial charge in [0.05, 0.1) is 11.3 Å². The van der Waals surface area contributed by atoms with Crippen LogP contribution in [0.1, 0.15) is 63.7 Å². The van der Waals surface area contributed by atoms with Crippen molar-refractivity contribution in [3.05, 3.63) is 29.8 Å². The molecule has 1 fully saturated rings. The lowest BCUT2D eigenvalue weighted by atomic mass is 9.97. The van der Waals surface area contributed by atoms with Gasteiger partial charge in [-0.25, -0.2) is 13.1 Å². The van der Waals surface area contributed by atoms with Gasteiger partial charge in [0.1, 0.15) is 0 Å². The first kappa shape index (κ1) is 24.0. The largest absolute Gasteiger partial charge is 0.452 e. The highest BCUT2D eigenvalue weighted by molar-refractivity contribution is 7.89. The number of esters is 1. The van der Waals surface area contributed by atoms with Crippen molar-refractivity contribution in [2.75, 3.05) is 6.54 Å². The molecule has 1 aliphatic heterocycles. The molecule has 0 saturated carbocycles. The minimum Gasteiger partial charge on any atom is -0.452 e. The average molecular weight is 439 g/mol. The van der Waals surface area contributed by atoms with Gasteiger partial charge < -0.3 is 9.64 Å². The third kappa shape index (κ3) is 6.12. The second-order valence-electron chi connectivity index (χ2n) is 7.74. The van der Waals surface area contributed by atoms with E-state index in [2.05, 4.69) is 4.72 Å². The Balaban J connectivity index is 1.87. The summed E-state index contributed by atoms with van der Waals surface area (Å²) < 4.78 is 32.3. The number of likely N-dealkylation sites (tertiary alicyclic amines) is 1. The first-order valence-electron chi connectivity index (χ1n) is 10.1. The van der Waals surface area contributed by atoms with Gasteiger partial charge in [0.15, 0.2) is 11.9 Å². The first-order chi connectivity index (χ1) is 14.0. The number of piperidine rings is 1. The number of ether oxygens (including phenoxy) is 1. The van der Waals surface area contributed by atoms with Crippen LogP contribution >= 0.6 is 0 Å². The summed E-state index contributed by atoms with van der Waals surface area (Å²) in [5.74, 6) is -1.13. The minimum atomic E-state index is -3.87. The van der Waals surface area contributed by atoms with Gasteiger partial charge in [-0.1, -0.05) is 12.1 Å². The fraction of sp³-hybridized carbons (Fsp3) is 0.571. The van der Waals surface area contributed by atoms with Gasteiger partial charge in [-0.3, -0.25) is 14.4 Å². The number of carbonyl (C=O) groups excluding carboxylic acids is 3. The normalized spacial score (nSPS) is 20.5. The molecule has 2 rings (SSSR count). The van der Waals surface area contributed by atoms with E-state index >= 15 is 0 Å². The molecule has 8 nitrogen and oxygen atoms in total. The van der Waals surface area contributed by atoms with Gasteiger partial charge >= 0.3 is 5.97 Å². The second kappa shape index (κ2) is 10.2. The molecule has 30 heavy (non-hydrogen) atoms. The number of rotatable bonds is 8. The van der Waals surface area contributed by atoms with E-state index in [-0.39, 0.29) is 47.2 Å². The van der Waals surface area contributed by atoms with Crippen molar-refractivity contribution < 1.29 is 27.5 Å². The SMILES string of the molecule is CC(=O)c1cccc(S(=O)(=O)NCCC(=O)O[C@@H](C)C(=O)N2[C@H](C)CCC[C@@H]2C)c1. The van der Waals surface area contributed by atoms with Crippen LogP contribution in [-0.4, -0.2) is 55.7 Å². The summed E-state index contributed by atoms with van der Waals surface area (Å²) in [7, 11) is -3.87. The van der Waals surface area contributed by atoms with E-state index in [0.29, 0.717) is 0 Å². The molecule has 0 radical (unpaired) electrons. The second-order valence-corrected chi connectivity index (χ2v) is 9.51. The Kier molecular flexibility index (Phi) is 8.14. The molecule has 0 aromatic heterocycles. The summed E-state index contributed by atoms with van der Waals surface area (Å²) in [5, 5.41) is 0. The Morgan fingerprint density at radius 3 is 2.43 bits per heavy atom. The van der Waals surface area contributed by atoms with E-state index in [1.54, 1.807) is 4.90 Å². The Bertz CT molecular complexity index is 889. The van der Waals surface area contributed by atoms with E-state index < -0.39 is 22.1 Å². The van der Waals surface area contributed by atoms with Gasteiger partial charge in [0.25, 0.3) is 5.91 Å². The Hall–Kier alpha value is -2.26. The molecule has 3 atom stereocenters. The quantitative estimate of drug-likeness (QED) is 0.493. The van der Waals surface area contributed by atoms with Crippen LogP contribution in [0.5, 0.6) is 0 Å². The maximum absolute atomic E-state index is 12.7. The van der Waals surface area contributed by atoms with Crippen molar-refractivity contribution in [3.8, 4) is 0 Å². The number of nitrogens with zero attached hydrogens (tertiary/aromatic N) is 1. The molecule has 0 aliphatic carbocycles. The Morgan fingerprint density at radius 1 is 1.20 bits per heavy atom. The third-order valence-electron chi connectivity index (χ3n) is 5.28. The summed E-state index contributed by atoms with van der Waals surface area (Å²) >= 11 is 0. The highest BCUT2D eigenvalue weighted by Crippen LogP contribution is 2.23. The molecule has 1 amide bonds. The first-order valence-corrected chi connectivity index (χ1v) is 11.6. The van der Waals surface area contributed by atoms with Gasteiger partial charge in [0, 0.05) is 24.2 Å². The van der Waals surface area contributed by atoms with E-state index in [1.807, 2.05) is 13.8 Å². The summed E-state index contributed by atoms with van der Waals surface area (Å²) in [6.07, 6.45) is 1.76. The van der Waals surface area contributed by atoms with Crippen LogP contribution in [-0.2, 0) is 24.3 Å². The molecule has 0 spiro atoms. The molecule has 1 heterocycles. The molecule has 0 unspecified atom stereocenters. The van der Waals surface area contributed by atoms with Crippen LogP contribution in [0.3, 0.4) is 0 Å². The molecule has 9 heteroatoms. The summed E-state index contributed by atoms with van der Waals surface area (Å²) in [5.41, 5.74) is 0.283. The smallest absolute Gasteiger partial charge is 0.307 e. The number of carbonyl (C=O) groups is 3. The molecule has 1 saturated heterocycles. The van der Waals surface area contributed by atoms with Gasteiger partial charge in [-0.05, 0) is 59.1 Å². The molecule has 1 N–H and O–H groups in total. The van der Waals surface area contributed by atoms with Crippen LogP contribution < -0.4 is 4.72 Å². The monoisotopic (exact) mass is 438 g/mol. The van der Waals surface area contributed by atoms with Crippen molar-refractivity contribution in [2.45, 2.75) is 76.5 Å². The topological polar surface area (TPSA) is 110 Å². The van der Waals surface area contributed by atoms with Crippen molar-refractivity contribution in [1.82, 2.24) is 9.62 Å². The predicted molar refractivity (Wildman–Crippen MR) is 111 cm³/mol. The molecule has 166 valence electrons. The highest BCUT2D eigenvalue weighted by Gasteiger charge is 2.33. The van der Waals surface area contributed by atoms with E-state index in [1.165, 1.54) is 38.1 Å². The standard InChI is InChI=1S/C21H30N2O6S/c1-14-7-5-8-15(2)23(14)21(26)17(4)29-20(25)11-12-22-30(27,28)19-10-6-9-18(13-19)16(3)24/h6,9-10,13-15,17,22H,5,7-8,11-12H2,1-4H3/t14-,15+,17-/m0/s1. The van der Waals surface area contributed by atoms with Crippen molar-refractivity contribution in [1.29, 1.82) is 0 Å². The maximum atomic E-state index is 12.7. The molecule has 1 aliphatic rings. The molecule has 0 bridgehead atoms. The van der Waals surface area contributed by atoms with Crippen molar-refractivity contribution in [2.24, 2.45) is 0 Å². The maximum Gasteiger partial charge on any atom is 0.307 e. The number of nitrogens with one attached hydrogen (secondary N) is 1. The number of hydrogen-bond acceptors (Lipinski definition) is 6. The van der Waals surface area contributed by atoms with Crippen molar-refractivity contribution in [3.63, 3.8) is 0 Å². The Morgan fingerprint density at radius 2 is 1.83 bits per heavy atom. The van der Waals surface area contributed by atoms with Crippen molar-refractivity contribution >= 4 is 27.7 Å². The van der Waals surface area contributed by atoms with Crippen LogP contribution in [0.4, 0.5) is 0 Å². The number of amides is 1. The summed E-state index contributed by atoms with van der Waals surface area (Å²) in [4.78, 5) is 37.9. The molecular weight excluding hydrogens is 408 g/mol. The lowest BCUT2D eigenvalue weighted by Gasteiger charge is -2.40. The van der Waals surface area contributed by atoms with Gasteiger partial charge in [-0.15, -0.1) is 0 Å². The van der Waals surface area contributed by atoms with Crippen LogP contribution in [0.2, 0.25) is 0 Å². The predicted octanol–water partition coefficient (Wildman–Crippen LogP) is 2.28. The number of Topliss-reactive ketones (excluding diaryl/α,β-unsaturated/α-hetero) is 1. The number of sulfonamides is 1. The summed E-state index contributed by atoms with van der Waals surface area (Å²) in [6.45, 7) is 6.67. The number of ketones is 1. The lowest BCUT2D eigenvalue weighted by molar-refractivity contribution is -0.162. The zero-order valence-electron chi connectivity index (χ0n) is 17.9. The zero-order chi connectivity index (χ0) is 22.5. The minimum absolute atomic E-state index is 0.0554. The Labute approximate surface area is 178 Å². The van der Waals surface area contributed by atoms with Crippen LogP contribution in [0.25, 0.3) is 0 Å². The fourth-order valence-electron chi connectivity index (χ4n) is 3.63. The zero-order valence-corrected chi connectivity index (χ0v) is 18.7.